The zero-order valence-corrected chi connectivity index (χ0v) is 15.5. The third-order valence-electron chi connectivity index (χ3n) is 5.55. The molecule has 1 heterocycles. The Balaban J connectivity index is 1.50. The van der Waals surface area contributed by atoms with Crippen molar-refractivity contribution >= 4 is 22.3 Å². The van der Waals surface area contributed by atoms with Crippen LogP contribution in [0.5, 0.6) is 0 Å². The molecule has 1 amide bonds. The summed E-state index contributed by atoms with van der Waals surface area (Å²) in [6.45, 7) is 0.365. The molecule has 1 spiro atoms. The van der Waals surface area contributed by atoms with Gasteiger partial charge in [0.1, 0.15) is 12.4 Å². The standard InChI is InChI=1S/C18H18F3NO5S/c19-18(20,21)28(24,25)27-15-4-3-11-7-12(1-2-13(11)8-15)14-5-6-17(9-14)10-26-16(23)22-17/h1-2,7-8,14H,3-6,9-10H2,(H,22,23)/t14?,17-/m1/s1. The van der Waals surface area contributed by atoms with E-state index in [1.807, 2.05) is 12.1 Å². The summed E-state index contributed by atoms with van der Waals surface area (Å²) in [5.41, 5.74) is -3.09. The monoisotopic (exact) mass is 417 g/mol. The fourth-order valence-electron chi connectivity index (χ4n) is 4.14. The SMILES string of the molecule is O=C1N[C@@]2(CCC(c3ccc4c(c3)CCC(OS(=O)(=O)C(F)(F)F)=C4)C2)CO1. The highest BCUT2D eigenvalue weighted by molar-refractivity contribution is 7.87. The van der Waals surface area contributed by atoms with E-state index in [9.17, 15) is 26.4 Å². The number of carbonyl (C=O) groups is 1. The highest BCUT2D eigenvalue weighted by Crippen LogP contribution is 2.43. The molecule has 2 aliphatic carbocycles. The van der Waals surface area contributed by atoms with Gasteiger partial charge in [-0.2, -0.15) is 21.6 Å². The smallest absolute Gasteiger partial charge is 0.447 e. The first-order valence-electron chi connectivity index (χ1n) is 8.86. The van der Waals surface area contributed by atoms with Crippen LogP contribution in [0, 0.1) is 0 Å². The zero-order chi connectivity index (χ0) is 20.2. The van der Waals surface area contributed by atoms with Crippen molar-refractivity contribution in [3.05, 3.63) is 40.6 Å². The Morgan fingerprint density at radius 3 is 2.71 bits per heavy atom. The minimum atomic E-state index is -5.65. The molecule has 1 aromatic carbocycles. The van der Waals surface area contributed by atoms with Gasteiger partial charge < -0.3 is 14.2 Å². The van der Waals surface area contributed by atoms with Gasteiger partial charge >= 0.3 is 21.7 Å². The summed E-state index contributed by atoms with van der Waals surface area (Å²) in [6, 6.07) is 5.65. The van der Waals surface area contributed by atoms with Gasteiger partial charge in [-0.15, -0.1) is 0 Å². The first-order valence-corrected chi connectivity index (χ1v) is 10.3. The normalized spacial score (nSPS) is 27.2. The molecule has 10 heteroatoms. The fraction of sp³-hybridized carbons (Fsp3) is 0.500. The van der Waals surface area contributed by atoms with Crippen LogP contribution in [-0.4, -0.2) is 32.2 Å². The second kappa shape index (κ2) is 6.40. The molecule has 3 aliphatic rings. The minimum Gasteiger partial charge on any atom is -0.447 e. The third-order valence-corrected chi connectivity index (χ3v) is 6.55. The average molecular weight is 417 g/mol. The van der Waals surface area contributed by atoms with E-state index in [2.05, 4.69) is 9.50 Å². The number of hydrogen-bond acceptors (Lipinski definition) is 5. The Kier molecular flexibility index (Phi) is 4.36. The van der Waals surface area contributed by atoms with E-state index >= 15 is 0 Å². The predicted octanol–water partition coefficient (Wildman–Crippen LogP) is 3.59. The number of alkyl carbamates (subject to hydrolysis) is 1. The van der Waals surface area contributed by atoms with E-state index in [0.717, 1.165) is 30.4 Å². The number of rotatable bonds is 3. The van der Waals surface area contributed by atoms with Crippen LogP contribution in [0.3, 0.4) is 0 Å². The Labute approximate surface area is 159 Å². The molecule has 6 nitrogen and oxygen atoms in total. The van der Waals surface area contributed by atoms with Crippen LogP contribution in [0.2, 0.25) is 0 Å². The van der Waals surface area contributed by atoms with Gasteiger partial charge in [-0.1, -0.05) is 18.2 Å². The first kappa shape index (κ1) is 19.1. The van der Waals surface area contributed by atoms with Crippen molar-refractivity contribution in [2.75, 3.05) is 6.61 Å². The average Bonchev–Trinajstić information content (AvgIpc) is 3.19. The number of halogens is 3. The summed E-state index contributed by atoms with van der Waals surface area (Å²) in [5, 5.41) is 2.89. The molecule has 1 saturated carbocycles. The van der Waals surface area contributed by atoms with Crippen LogP contribution < -0.4 is 5.32 Å². The van der Waals surface area contributed by atoms with Crippen LogP contribution in [0.15, 0.2) is 24.0 Å². The number of nitrogens with one attached hydrogen (secondary N) is 1. The molecule has 28 heavy (non-hydrogen) atoms. The summed E-state index contributed by atoms with van der Waals surface area (Å²) in [6.07, 6.45) is 3.91. The van der Waals surface area contributed by atoms with Crippen LogP contribution in [0.1, 0.15) is 48.3 Å². The van der Waals surface area contributed by atoms with E-state index < -0.39 is 21.7 Å². The van der Waals surface area contributed by atoms with Gasteiger partial charge in [0.15, 0.2) is 0 Å². The number of benzene rings is 1. The molecular weight excluding hydrogens is 399 g/mol. The van der Waals surface area contributed by atoms with E-state index in [1.54, 1.807) is 6.07 Å². The number of carbonyl (C=O) groups excluding carboxylic acids is 1. The first-order chi connectivity index (χ1) is 13.1. The van der Waals surface area contributed by atoms with Crippen molar-refractivity contribution in [3.8, 4) is 0 Å². The van der Waals surface area contributed by atoms with E-state index in [1.165, 1.54) is 6.08 Å². The lowest BCUT2D eigenvalue weighted by atomic mass is 9.88. The molecule has 0 bridgehead atoms. The lowest BCUT2D eigenvalue weighted by molar-refractivity contribution is -0.0522. The van der Waals surface area contributed by atoms with Gasteiger partial charge in [0.2, 0.25) is 0 Å². The lowest BCUT2D eigenvalue weighted by Crippen LogP contribution is -2.40. The quantitative estimate of drug-likeness (QED) is 0.601. The number of fused-ring (bicyclic) bond motifs is 1. The van der Waals surface area contributed by atoms with E-state index in [-0.39, 0.29) is 23.6 Å². The number of alkyl halides is 3. The highest BCUT2D eigenvalue weighted by atomic mass is 32.2. The molecule has 1 aliphatic heterocycles. The molecule has 2 atom stereocenters. The molecule has 4 rings (SSSR count). The van der Waals surface area contributed by atoms with Gasteiger partial charge in [-0.3, -0.25) is 0 Å². The maximum absolute atomic E-state index is 12.5. The third kappa shape index (κ3) is 3.45. The molecule has 2 fully saturated rings. The van der Waals surface area contributed by atoms with Gasteiger partial charge in [0.05, 0.1) is 5.54 Å². The van der Waals surface area contributed by atoms with Crippen molar-refractivity contribution in [1.82, 2.24) is 5.32 Å². The topological polar surface area (TPSA) is 81.7 Å². The summed E-state index contributed by atoms with van der Waals surface area (Å²) in [4.78, 5) is 11.4. The summed E-state index contributed by atoms with van der Waals surface area (Å²) in [5.74, 6) is 0.0303. The predicted molar refractivity (Wildman–Crippen MR) is 92.6 cm³/mol. The van der Waals surface area contributed by atoms with Gasteiger partial charge in [-0.05, 0) is 54.4 Å². The van der Waals surface area contributed by atoms with Crippen LogP contribution >= 0.6 is 0 Å². The number of aryl methyl sites for hydroxylation is 1. The maximum atomic E-state index is 12.5. The molecular formula is C18H18F3NO5S. The summed E-state index contributed by atoms with van der Waals surface area (Å²) >= 11 is 0. The molecule has 0 radical (unpaired) electrons. The molecule has 0 aromatic heterocycles. The van der Waals surface area contributed by atoms with Crippen LogP contribution in [-0.2, 0) is 25.5 Å². The Morgan fingerprint density at radius 1 is 1.25 bits per heavy atom. The highest BCUT2D eigenvalue weighted by Gasteiger charge is 2.49. The maximum Gasteiger partial charge on any atom is 0.534 e. The van der Waals surface area contributed by atoms with Gasteiger partial charge in [0.25, 0.3) is 0 Å². The van der Waals surface area contributed by atoms with Crippen molar-refractivity contribution < 1.29 is 35.3 Å². The second-order valence-electron chi connectivity index (χ2n) is 7.47. The lowest BCUT2D eigenvalue weighted by Gasteiger charge is -2.22. The Hall–Kier alpha value is -2.23. The van der Waals surface area contributed by atoms with E-state index in [4.69, 9.17) is 4.74 Å². The van der Waals surface area contributed by atoms with Crippen LogP contribution in [0.4, 0.5) is 18.0 Å². The van der Waals surface area contributed by atoms with Gasteiger partial charge in [0, 0.05) is 6.42 Å². The Bertz CT molecular complexity index is 956. The number of ether oxygens (including phenoxy) is 1. The largest absolute Gasteiger partial charge is 0.534 e. The molecule has 1 N–H and O–H groups in total. The number of cyclic esters (lactones) is 1. The number of amides is 1. The second-order valence-corrected chi connectivity index (χ2v) is 9.01. The van der Waals surface area contributed by atoms with E-state index in [0.29, 0.717) is 18.6 Å². The fourth-order valence-corrected chi connectivity index (χ4v) is 4.65. The van der Waals surface area contributed by atoms with Crippen molar-refractivity contribution in [1.29, 1.82) is 0 Å². The molecule has 1 aromatic rings. The minimum absolute atomic E-state index is 0.0737. The van der Waals surface area contributed by atoms with Crippen molar-refractivity contribution in [2.24, 2.45) is 0 Å². The van der Waals surface area contributed by atoms with Crippen molar-refractivity contribution in [2.45, 2.75) is 49.1 Å². The summed E-state index contributed by atoms with van der Waals surface area (Å²) < 4.78 is 69.1. The molecule has 152 valence electrons. The molecule has 1 unspecified atom stereocenters. The zero-order valence-electron chi connectivity index (χ0n) is 14.7. The van der Waals surface area contributed by atoms with Gasteiger partial charge in [-0.25, -0.2) is 4.79 Å². The Morgan fingerprint density at radius 2 is 2.04 bits per heavy atom. The number of hydrogen-bond donors (Lipinski definition) is 1. The van der Waals surface area contributed by atoms with Crippen LogP contribution in [0.25, 0.3) is 6.08 Å². The molecule has 1 saturated heterocycles. The summed E-state index contributed by atoms with van der Waals surface area (Å²) in [7, 11) is -5.65. The van der Waals surface area contributed by atoms with Crippen molar-refractivity contribution in [3.63, 3.8) is 0 Å². The number of allylic oxidation sites excluding steroid dienone is 1.